The lowest BCUT2D eigenvalue weighted by atomic mass is 10.1. The summed E-state index contributed by atoms with van der Waals surface area (Å²) in [6.07, 6.45) is 0.901. The number of rotatable bonds is 3. The zero-order valence-electron chi connectivity index (χ0n) is 15.4. The van der Waals surface area contributed by atoms with Gasteiger partial charge in [-0.15, -0.1) is 0 Å². The van der Waals surface area contributed by atoms with Crippen molar-refractivity contribution in [1.29, 1.82) is 0 Å². The number of benzene rings is 1. The molecule has 0 atom stereocenters. The molecule has 2 amide bonds. The summed E-state index contributed by atoms with van der Waals surface area (Å²) in [5, 5.41) is 8.73. The van der Waals surface area contributed by atoms with E-state index in [0.29, 0.717) is 0 Å². The second-order valence-corrected chi connectivity index (χ2v) is 6.60. The molecule has 2 aliphatic rings. The van der Waals surface area contributed by atoms with Gasteiger partial charge in [-0.2, -0.15) is 0 Å². The topological polar surface area (TPSA) is 91.4 Å². The quantitative estimate of drug-likeness (QED) is 0.758. The number of hydrogen-bond donors (Lipinski definition) is 3. The first-order chi connectivity index (χ1) is 13.2. The molecule has 8 heteroatoms. The van der Waals surface area contributed by atoms with Gasteiger partial charge in [0.1, 0.15) is 5.82 Å². The maximum Gasteiger partial charge on any atom is 0.318 e. The predicted octanol–water partition coefficient (Wildman–Crippen LogP) is 1.38. The van der Waals surface area contributed by atoms with Crippen LogP contribution in [0.4, 0.5) is 16.3 Å². The third-order valence-electron chi connectivity index (χ3n) is 4.85. The molecule has 1 fully saturated rings. The third-order valence-corrected chi connectivity index (χ3v) is 4.85. The summed E-state index contributed by atoms with van der Waals surface area (Å²) in [5.74, 6) is 1.74. The highest BCUT2D eigenvalue weighted by molar-refractivity contribution is 5.89. The van der Waals surface area contributed by atoms with Gasteiger partial charge in [0.05, 0.1) is 18.9 Å². The van der Waals surface area contributed by atoms with Gasteiger partial charge in [0.2, 0.25) is 0 Å². The Kier molecular flexibility index (Phi) is 5.17. The third kappa shape index (κ3) is 3.86. The van der Waals surface area contributed by atoms with E-state index in [1.54, 1.807) is 7.05 Å². The van der Waals surface area contributed by atoms with E-state index in [0.717, 1.165) is 74.4 Å². The average molecular weight is 368 g/mol. The largest absolute Gasteiger partial charge is 0.378 e. The standard InChI is InChI=1S/C19H24N6O2/c1-20-19(26)22-14-4-2-13(3-5-14)17-23-16-6-7-21-12-15(16)18(24-17)25-8-10-27-11-9-25/h2-5,21H,6-12H2,1H3,(H2,20,22,26). The van der Waals surface area contributed by atoms with Crippen molar-refractivity contribution in [3.8, 4) is 11.4 Å². The minimum Gasteiger partial charge on any atom is -0.378 e. The minimum atomic E-state index is -0.241. The van der Waals surface area contributed by atoms with Crippen molar-refractivity contribution in [3.63, 3.8) is 0 Å². The summed E-state index contributed by atoms with van der Waals surface area (Å²) in [7, 11) is 1.59. The zero-order valence-corrected chi connectivity index (χ0v) is 15.4. The number of carbonyl (C=O) groups is 1. The Labute approximate surface area is 158 Å². The first-order valence-electron chi connectivity index (χ1n) is 9.27. The predicted molar refractivity (Wildman–Crippen MR) is 104 cm³/mol. The molecule has 0 saturated carbocycles. The molecule has 3 N–H and O–H groups in total. The Morgan fingerprint density at radius 2 is 1.96 bits per heavy atom. The number of carbonyl (C=O) groups excluding carboxylic acids is 1. The van der Waals surface area contributed by atoms with Crippen molar-refractivity contribution in [1.82, 2.24) is 20.6 Å². The highest BCUT2D eigenvalue weighted by atomic mass is 16.5. The normalized spacial score (nSPS) is 16.6. The van der Waals surface area contributed by atoms with E-state index in [1.807, 2.05) is 24.3 Å². The number of nitrogens with one attached hydrogen (secondary N) is 3. The van der Waals surface area contributed by atoms with Crippen LogP contribution in [0.5, 0.6) is 0 Å². The maximum atomic E-state index is 11.4. The summed E-state index contributed by atoms with van der Waals surface area (Å²) in [5.41, 5.74) is 3.99. The average Bonchev–Trinajstić information content (AvgIpc) is 2.74. The first-order valence-corrected chi connectivity index (χ1v) is 9.27. The summed E-state index contributed by atoms with van der Waals surface area (Å²) >= 11 is 0. The van der Waals surface area contributed by atoms with Crippen LogP contribution in [0.1, 0.15) is 11.3 Å². The lowest BCUT2D eigenvalue weighted by Crippen LogP contribution is -2.39. The number of anilines is 2. The molecule has 2 aliphatic heterocycles. The summed E-state index contributed by atoms with van der Waals surface area (Å²) < 4.78 is 5.49. The van der Waals surface area contributed by atoms with Gasteiger partial charge in [0.25, 0.3) is 0 Å². The van der Waals surface area contributed by atoms with Gasteiger partial charge in [0.15, 0.2) is 5.82 Å². The summed E-state index contributed by atoms with van der Waals surface area (Å²) in [6, 6.07) is 7.37. The van der Waals surface area contributed by atoms with Gasteiger partial charge in [-0.3, -0.25) is 0 Å². The van der Waals surface area contributed by atoms with Gasteiger partial charge in [-0.05, 0) is 24.3 Å². The Balaban J connectivity index is 1.67. The van der Waals surface area contributed by atoms with Gasteiger partial charge < -0.3 is 25.6 Å². The molecule has 142 valence electrons. The lowest BCUT2D eigenvalue weighted by Gasteiger charge is -2.31. The van der Waals surface area contributed by atoms with E-state index in [2.05, 4.69) is 20.9 Å². The monoisotopic (exact) mass is 368 g/mol. The molecule has 0 aliphatic carbocycles. The van der Waals surface area contributed by atoms with Crippen LogP contribution in [0.15, 0.2) is 24.3 Å². The summed E-state index contributed by atoms with van der Waals surface area (Å²) in [6.45, 7) is 4.87. The molecule has 8 nitrogen and oxygen atoms in total. The van der Waals surface area contributed by atoms with Crippen molar-refractivity contribution in [2.75, 3.05) is 50.1 Å². The number of morpholine rings is 1. The van der Waals surface area contributed by atoms with Crippen LogP contribution in [-0.2, 0) is 17.7 Å². The number of hydrogen-bond acceptors (Lipinski definition) is 6. The van der Waals surface area contributed by atoms with Crippen molar-refractivity contribution in [3.05, 3.63) is 35.5 Å². The van der Waals surface area contributed by atoms with Gasteiger partial charge in [-0.25, -0.2) is 14.8 Å². The fourth-order valence-corrected chi connectivity index (χ4v) is 3.39. The molecule has 0 spiro atoms. The summed E-state index contributed by atoms with van der Waals surface area (Å²) in [4.78, 5) is 23.5. The molecule has 0 unspecified atom stereocenters. The van der Waals surface area contributed by atoms with E-state index < -0.39 is 0 Å². The number of aromatic nitrogens is 2. The molecular weight excluding hydrogens is 344 g/mol. The van der Waals surface area contributed by atoms with Crippen molar-refractivity contribution in [2.45, 2.75) is 13.0 Å². The van der Waals surface area contributed by atoms with Gasteiger partial charge in [-0.1, -0.05) is 0 Å². The van der Waals surface area contributed by atoms with Crippen molar-refractivity contribution >= 4 is 17.5 Å². The Hall–Kier alpha value is -2.71. The molecule has 4 rings (SSSR count). The van der Waals surface area contributed by atoms with Crippen molar-refractivity contribution < 1.29 is 9.53 Å². The lowest BCUT2D eigenvalue weighted by molar-refractivity contribution is 0.122. The Bertz CT molecular complexity index is 818. The molecule has 2 aromatic rings. The van der Waals surface area contributed by atoms with E-state index in [-0.39, 0.29) is 6.03 Å². The van der Waals surface area contributed by atoms with Crippen LogP contribution < -0.4 is 20.9 Å². The Morgan fingerprint density at radius 1 is 1.19 bits per heavy atom. The smallest absolute Gasteiger partial charge is 0.318 e. The van der Waals surface area contributed by atoms with Crippen LogP contribution in [0, 0.1) is 0 Å². The highest BCUT2D eigenvalue weighted by Gasteiger charge is 2.23. The van der Waals surface area contributed by atoms with Crippen LogP contribution in [0.3, 0.4) is 0 Å². The number of nitrogens with zero attached hydrogens (tertiary/aromatic N) is 3. The number of ether oxygens (including phenoxy) is 1. The SMILES string of the molecule is CNC(=O)Nc1ccc(-c2nc3c(c(N4CCOCC4)n2)CNCC3)cc1. The number of amides is 2. The maximum absolute atomic E-state index is 11.4. The zero-order chi connectivity index (χ0) is 18.6. The Morgan fingerprint density at radius 3 is 2.70 bits per heavy atom. The van der Waals surface area contributed by atoms with Crippen LogP contribution in [-0.4, -0.2) is 55.9 Å². The molecular formula is C19H24N6O2. The molecule has 1 aromatic carbocycles. The highest BCUT2D eigenvalue weighted by Crippen LogP contribution is 2.28. The van der Waals surface area contributed by atoms with Gasteiger partial charge in [0, 0.05) is 56.5 Å². The van der Waals surface area contributed by atoms with Crippen LogP contribution >= 0.6 is 0 Å². The molecule has 0 radical (unpaired) electrons. The van der Waals surface area contributed by atoms with E-state index in [4.69, 9.17) is 14.7 Å². The second kappa shape index (κ2) is 7.89. The fraction of sp³-hybridized carbons (Fsp3) is 0.421. The second-order valence-electron chi connectivity index (χ2n) is 6.60. The van der Waals surface area contributed by atoms with E-state index in [1.165, 1.54) is 5.56 Å². The number of fused-ring (bicyclic) bond motifs is 1. The molecule has 0 bridgehead atoms. The van der Waals surface area contributed by atoms with Crippen LogP contribution in [0.25, 0.3) is 11.4 Å². The molecule has 1 saturated heterocycles. The van der Waals surface area contributed by atoms with Crippen LogP contribution in [0.2, 0.25) is 0 Å². The van der Waals surface area contributed by atoms with Crippen molar-refractivity contribution in [2.24, 2.45) is 0 Å². The number of urea groups is 1. The van der Waals surface area contributed by atoms with Gasteiger partial charge >= 0.3 is 6.03 Å². The minimum absolute atomic E-state index is 0.241. The first kappa shape index (κ1) is 17.7. The van der Waals surface area contributed by atoms with E-state index >= 15 is 0 Å². The van der Waals surface area contributed by atoms with E-state index in [9.17, 15) is 4.79 Å². The molecule has 1 aromatic heterocycles. The fourth-order valence-electron chi connectivity index (χ4n) is 3.39. The molecule has 3 heterocycles. The molecule has 27 heavy (non-hydrogen) atoms.